The van der Waals surface area contributed by atoms with E-state index < -0.39 is 11.7 Å². The van der Waals surface area contributed by atoms with Crippen LogP contribution < -0.4 is 15.0 Å². The van der Waals surface area contributed by atoms with Crippen LogP contribution in [0.5, 0.6) is 5.75 Å². The van der Waals surface area contributed by atoms with Crippen molar-refractivity contribution in [3.63, 3.8) is 0 Å². The topological polar surface area (TPSA) is 83.7 Å². The Morgan fingerprint density at radius 1 is 1.15 bits per heavy atom. The molecule has 1 N–H and O–H groups in total. The number of carbonyl (C=O) groups is 1. The summed E-state index contributed by atoms with van der Waals surface area (Å²) in [6.07, 6.45) is 0.818. The van der Waals surface area contributed by atoms with E-state index in [0.29, 0.717) is 6.54 Å². The Balaban J connectivity index is 1.18. The summed E-state index contributed by atoms with van der Waals surface area (Å²) in [5.74, 6) is -0.0300. The molecule has 34 heavy (non-hydrogen) atoms. The number of rotatable bonds is 9. The van der Waals surface area contributed by atoms with E-state index in [9.17, 15) is 9.18 Å². The SMILES string of the molecule is COc1ccccc1N1CCN(CCCNC(=O)c2nnc(Cc3c(F)cccc3Cl)o2)CC1. The van der Waals surface area contributed by atoms with Crippen LogP contribution >= 0.6 is 11.6 Å². The van der Waals surface area contributed by atoms with Gasteiger partial charge in [0.15, 0.2) is 0 Å². The zero-order valence-corrected chi connectivity index (χ0v) is 19.7. The van der Waals surface area contributed by atoms with Gasteiger partial charge < -0.3 is 19.4 Å². The van der Waals surface area contributed by atoms with Crippen LogP contribution in [0.4, 0.5) is 10.1 Å². The third-order valence-electron chi connectivity index (χ3n) is 5.79. The summed E-state index contributed by atoms with van der Waals surface area (Å²) in [4.78, 5) is 17.0. The molecule has 1 aromatic heterocycles. The van der Waals surface area contributed by atoms with Crippen molar-refractivity contribution in [3.05, 3.63) is 70.6 Å². The van der Waals surface area contributed by atoms with Crippen molar-refractivity contribution < 1.29 is 18.3 Å². The summed E-state index contributed by atoms with van der Waals surface area (Å²) in [6, 6.07) is 12.5. The minimum absolute atomic E-state index is 0.0205. The number of methoxy groups -OCH3 is 1. The van der Waals surface area contributed by atoms with Crippen molar-refractivity contribution in [3.8, 4) is 5.75 Å². The van der Waals surface area contributed by atoms with Crippen LogP contribution in [-0.2, 0) is 6.42 Å². The van der Waals surface area contributed by atoms with Crippen LogP contribution in [0.2, 0.25) is 5.02 Å². The van der Waals surface area contributed by atoms with Gasteiger partial charge in [0.2, 0.25) is 5.89 Å². The van der Waals surface area contributed by atoms with Crippen LogP contribution in [0.15, 0.2) is 46.9 Å². The zero-order valence-electron chi connectivity index (χ0n) is 19.0. The van der Waals surface area contributed by atoms with Gasteiger partial charge in [-0.1, -0.05) is 29.8 Å². The standard InChI is InChI=1S/C24H27ClFN5O3/c1-33-21-9-3-2-8-20(21)31-14-12-30(13-15-31)11-5-10-27-23(32)24-29-28-22(34-24)16-17-18(25)6-4-7-19(17)26/h2-4,6-9H,5,10-16H2,1H3,(H,27,32). The monoisotopic (exact) mass is 487 g/mol. The largest absolute Gasteiger partial charge is 0.495 e. The van der Waals surface area contributed by atoms with Crippen molar-refractivity contribution in [2.24, 2.45) is 0 Å². The van der Waals surface area contributed by atoms with Crippen LogP contribution in [0.25, 0.3) is 0 Å². The summed E-state index contributed by atoms with van der Waals surface area (Å²) in [5.41, 5.74) is 1.37. The molecule has 0 saturated carbocycles. The Morgan fingerprint density at radius 3 is 2.71 bits per heavy atom. The highest BCUT2D eigenvalue weighted by molar-refractivity contribution is 6.31. The molecular formula is C24H27ClFN5O3. The average molecular weight is 488 g/mol. The van der Waals surface area contributed by atoms with E-state index in [-0.39, 0.29) is 28.8 Å². The first kappa shape index (κ1) is 24.0. The summed E-state index contributed by atoms with van der Waals surface area (Å²) in [5, 5.41) is 10.7. The number of anilines is 1. The van der Waals surface area contributed by atoms with Gasteiger partial charge in [-0.05, 0) is 37.2 Å². The van der Waals surface area contributed by atoms with Gasteiger partial charge in [0.25, 0.3) is 0 Å². The fraction of sp³-hybridized carbons (Fsp3) is 0.375. The number of benzene rings is 2. The first-order chi connectivity index (χ1) is 16.5. The third kappa shape index (κ3) is 5.84. The second-order valence-electron chi connectivity index (χ2n) is 7.99. The molecule has 0 unspecified atom stereocenters. The van der Waals surface area contributed by atoms with Crippen LogP contribution in [0.1, 0.15) is 28.6 Å². The molecule has 1 aliphatic rings. The number of hydrogen-bond donors (Lipinski definition) is 1. The molecule has 0 atom stereocenters. The van der Waals surface area contributed by atoms with Crippen molar-refractivity contribution in [1.29, 1.82) is 0 Å². The lowest BCUT2D eigenvalue weighted by Crippen LogP contribution is -2.47. The molecule has 0 bridgehead atoms. The molecule has 1 amide bonds. The molecule has 4 rings (SSSR count). The second kappa shape index (κ2) is 11.3. The molecule has 0 spiro atoms. The molecule has 1 fully saturated rings. The predicted molar refractivity (Wildman–Crippen MR) is 127 cm³/mol. The van der Waals surface area contributed by atoms with Crippen molar-refractivity contribution in [2.45, 2.75) is 12.8 Å². The maximum absolute atomic E-state index is 13.9. The molecule has 8 nitrogen and oxygen atoms in total. The van der Waals surface area contributed by atoms with Gasteiger partial charge in [0.05, 0.1) is 19.2 Å². The molecule has 0 radical (unpaired) electrons. The molecule has 10 heteroatoms. The second-order valence-corrected chi connectivity index (χ2v) is 8.40. The van der Waals surface area contributed by atoms with Crippen molar-refractivity contribution in [2.75, 3.05) is 51.3 Å². The lowest BCUT2D eigenvalue weighted by atomic mass is 10.1. The fourth-order valence-corrected chi connectivity index (χ4v) is 4.18. The number of carbonyl (C=O) groups excluding carboxylic acids is 1. The lowest BCUT2D eigenvalue weighted by Gasteiger charge is -2.36. The number of piperazine rings is 1. The number of aromatic nitrogens is 2. The number of amides is 1. The molecule has 1 aliphatic heterocycles. The zero-order chi connectivity index (χ0) is 23.9. The summed E-state index contributed by atoms with van der Waals surface area (Å²) < 4.78 is 24.8. The van der Waals surface area contributed by atoms with E-state index in [1.54, 1.807) is 13.2 Å². The van der Waals surface area contributed by atoms with Crippen LogP contribution in [-0.4, -0.2) is 67.4 Å². The van der Waals surface area contributed by atoms with Gasteiger partial charge in [-0.25, -0.2) is 4.39 Å². The van der Waals surface area contributed by atoms with Crippen LogP contribution in [0.3, 0.4) is 0 Å². The highest BCUT2D eigenvalue weighted by Gasteiger charge is 2.20. The van der Waals surface area contributed by atoms with E-state index >= 15 is 0 Å². The minimum atomic E-state index is -0.458. The fourth-order valence-electron chi connectivity index (χ4n) is 3.95. The first-order valence-corrected chi connectivity index (χ1v) is 11.6. The quantitative estimate of drug-likeness (QED) is 0.463. The number of nitrogens with zero attached hydrogens (tertiary/aromatic N) is 4. The normalized spacial score (nSPS) is 14.3. The molecule has 2 aromatic carbocycles. The Kier molecular flexibility index (Phi) is 7.97. The number of ether oxygens (including phenoxy) is 1. The summed E-state index contributed by atoms with van der Waals surface area (Å²) in [7, 11) is 1.69. The van der Waals surface area contributed by atoms with E-state index in [4.69, 9.17) is 20.8 Å². The van der Waals surface area contributed by atoms with E-state index in [1.165, 1.54) is 12.1 Å². The van der Waals surface area contributed by atoms with Gasteiger partial charge in [0, 0.05) is 43.3 Å². The highest BCUT2D eigenvalue weighted by atomic mass is 35.5. The minimum Gasteiger partial charge on any atom is -0.495 e. The molecule has 3 aromatic rings. The third-order valence-corrected chi connectivity index (χ3v) is 6.14. The Morgan fingerprint density at radius 2 is 1.94 bits per heavy atom. The van der Waals surface area contributed by atoms with E-state index in [0.717, 1.165) is 50.6 Å². The lowest BCUT2D eigenvalue weighted by molar-refractivity contribution is 0.0915. The van der Waals surface area contributed by atoms with Gasteiger partial charge >= 0.3 is 11.8 Å². The predicted octanol–water partition coefficient (Wildman–Crippen LogP) is 3.40. The number of nitrogens with one attached hydrogen (secondary N) is 1. The summed E-state index contributed by atoms with van der Waals surface area (Å²) >= 11 is 6.03. The van der Waals surface area contributed by atoms with E-state index in [1.807, 2.05) is 18.2 Å². The Hall–Kier alpha value is -3.17. The number of para-hydroxylation sites is 2. The highest BCUT2D eigenvalue weighted by Crippen LogP contribution is 2.28. The molecular weight excluding hydrogens is 461 g/mol. The van der Waals surface area contributed by atoms with Gasteiger partial charge in [-0.15, -0.1) is 10.2 Å². The van der Waals surface area contributed by atoms with Crippen LogP contribution in [0, 0.1) is 5.82 Å². The maximum Gasteiger partial charge on any atom is 0.308 e. The molecule has 0 aliphatic carbocycles. The molecule has 180 valence electrons. The first-order valence-electron chi connectivity index (χ1n) is 11.2. The molecule has 1 saturated heterocycles. The van der Waals surface area contributed by atoms with Gasteiger partial charge in [-0.2, -0.15) is 0 Å². The molecule has 2 heterocycles. The van der Waals surface area contributed by atoms with Gasteiger partial charge in [-0.3, -0.25) is 9.69 Å². The Bertz CT molecular complexity index is 1100. The summed E-state index contributed by atoms with van der Waals surface area (Å²) in [6.45, 7) is 5.09. The van der Waals surface area contributed by atoms with Crippen molar-refractivity contribution in [1.82, 2.24) is 20.4 Å². The van der Waals surface area contributed by atoms with E-state index in [2.05, 4.69) is 31.4 Å². The van der Waals surface area contributed by atoms with Crippen molar-refractivity contribution >= 4 is 23.2 Å². The number of hydrogen-bond acceptors (Lipinski definition) is 7. The number of halogens is 2. The van der Waals surface area contributed by atoms with Gasteiger partial charge in [0.1, 0.15) is 11.6 Å². The smallest absolute Gasteiger partial charge is 0.308 e. The Labute approximate surface area is 202 Å². The average Bonchev–Trinajstić information content (AvgIpc) is 3.33. The maximum atomic E-state index is 13.9.